The zero-order chi connectivity index (χ0) is 14.6. The quantitative estimate of drug-likeness (QED) is 0.572. The van der Waals surface area contributed by atoms with Crippen molar-refractivity contribution >= 4 is 15.8 Å². The molecule has 0 saturated carbocycles. The van der Waals surface area contributed by atoms with E-state index in [1.165, 1.54) is 18.3 Å². The summed E-state index contributed by atoms with van der Waals surface area (Å²) in [4.78, 5) is 3.98. The molecule has 1 heterocycles. The Morgan fingerprint density at radius 3 is 2.40 bits per heavy atom. The summed E-state index contributed by atoms with van der Waals surface area (Å²) >= 11 is 0. The molecule has 1 atom stereocenters. The van der Waals surface area contributed by atoms with Gasteiger partial charge in [0.15, 0.2) is 0 Å². The first kappa shape index (κ1) is 14.4. The molecule has 20 heavy (non-hydrogen) atoms. The number of anilines is 1. The highest BCUT2D eigenvalue weighted by Crippen LogP contribution is 2.16. The number of nitrogens with two attached hydrogens (primary N) is 1. The van der Waals surface area contributed by atoms with Gasteiger partial charge >= 0.3 is 0 Å². The fourth-order valence-electron chi connectivity index (χ4n) is 1.74. The van der Waals surface area contributed by atoms with E-state index in [0.717, 1.165) is 5.56 Å². The molecule has 106 valence electrons. The van der Waals surface area contributed by atoms with Crippen LogP contribution in [0.5, 0.6) is 0 Å². The van der Waals surface area contributed by atoms with Gasteiger partial charge in [-0.3, -0.25) is 0 Å². The van der Waals surface area contributed by atoms with Crippen molar-refractivity contribution < 1.29 is 8.42 Å². The summed E-state index contributed by atoms with van der Waals surface area (Å²) in [6.45, 7) is 1.79. The molecule has 0 aliphatic rings. The van der Waals surface area contributed by atoms with Crippen LogP contribution in [0.3, 0.4) is 0 Å². The van der Waals surface area contributed by atoms with Crippen molar-refractivity contribution in [1.29, 1.82) is 0 Å². The van der Waals surface area contributed by atoms with E-state index in [-0.39, 0.29) is 10.9 Å². The van der Waals surface area contributed by atoms with Gasteiger partial charge in [-0.05, 0) is 24.6 Å². The SMILES string of the molecule is CC(NS(=O)(=O)c1ccc(NN)nc1)c1ccccc1. The van der Waals surface area contributed by atoms with Gasteiger partial charge in [-0.15, -0.1) is 0 Å². The predicted molar refractivity (Wildman–Crippen MR) is 77.2 cm³/mol. The molecule has 0 radical (unpaired) electrons. The third kappa shape index (κ3) is 3.32. The largest absolute Gasteiger partial charge is 0.308 e. The minimum atomic E-state index is -3.61. The lowest BCUT2D eigenvalue weighted by atomic mass is 10.1. The highest BCUT2D eigenvalue weighted by atomic mass is 32.2. The van der Waals surface area contributed by atoms with Gasteiger partial charge in [-0.1, -0.05) is 30.3 Å². The average Bonchev–Trinajstić information content (AvgIpc) is 2.48. The van der Waals surface area contributed by atoms with Crippen molar-refractivity contribution in [3.8, 4) is 0 Å². The Morgan fingerprint density at radius 1 is 1.15 bits per heavy atom. The number of aromatic nitrogens is 1. The van der Waals surface area contributed by atoms with Crippen LogP contribution in [0.2, 0.25) is 0 Å². The summed E-state index contributed by atoms with van der Waals surface area (Å²) in [6.07, 6.45) is 1.26. The summed E-state index contributed by atoms with van der Waals surface area (Å²) in [5.41, 5.74) is 3.24. The topological polar surface area (TPSA) is 97.1 Å². The van der Waals surface area contributed by atoms with Crippen molar-refractivity contribution in [1.82, 2.24) is 9.71 Å². The molecular formula is C13H16N4O2S. The van der Waals surface area contributed by atoms with E-state index in [9.17, 15) is 8.42 Å². The number of sulfonamides is 1. The number of hydrazine groups is 1. The van der Waals surface area contributed by atoms with Gasteiger partial charge in [-0.25, -0.2) is 24.0 Å². The molecule has 0 bridgehead atoms. The summed E-state index contributed by atoms with van der Waals surface area (Å²) in [6, 6.07) is 12.0. The van der Waals surface area contributed by atoms with Crippen LogP contribution >= 0.6 is 0 Å². The van der Waals surface area contributed by atoms with Crippen LogP contribution in [0.1, 0.15) is 18.5 Å². The van der Waals surface area contributed by atoms with Crippen LogP contribution in [-0.4, -0.2) is 13.4 Å². The molecule has 0 amide bonds. The second-order valence-electron chi connectivity index (χ2n) is 4.28. The van der Waals surface area contributed by atoms with Crippen LogP contribution in [0, 0.1) is 0 Å². The van der Waals surface area contributed by atoms with Crippen molar-refractivity contribution in [2.24, 2.45) is 5.84 Å². The lowest BCUT2D eigenvalue weighted by Crippen LogP contribution is -2.27. The lowest BCUT2D eigenvalue weighted by Gasteiger charge is -2.14. The second-order valence-corrected chi connectivity index (χ2v) is 5.99. The molecule has 1 aromatic carbocycles. The zero-order valence-electron chi connectivity index (χ0n) is 10.9. The molecule has 0 saturated heterocycles. The fraction of sp³-hybridized carbons (Fsp3) is 0.154. The first-order chi connectivity index (χ1) is 9.53. The normalized spacial score (nSPS) is 12.9. The second kappa shape index (κ2) is 6.00. The van der Waals surface area contributed by atoms with E-state index in [2.05, 4.69) is 15.1 Å². The van der Waals surface area contributed by atoms with Gasteiger partial charge in [0, 0.05) is 12.2 Å². The molecule has 0 aliphatic carbocycles. The van der Waals surface area contributed by atoms with Crippen molar-refractivity contribution in [2.45, 2.75) is 17.9 Å². The Hall–Kier alpha value is -1.96. The van der Waals surface area contributed by atoms with Crippen molar-refractivity contribution in [3.05, 3.63) is 54.2 Å². The van der Waals surface area contributed by atoms with E-state index >= 15 is 0 Å². The van der Waals surface area contributed by atoms with E-state index in [0.29, 0.717) is 5.82 Å². The highest BCUT2D eigenvalue weighted by Gasteiger charge is 2.18. The van der Waals surface area contributed by atoms with E-state index in [4.69, 9.17) is 5.84 Å². The maximum absolute atomic E-state index is 12.2. The Bertz CT molecular complexity index is 657. The number of benzene rings is 1. The van der Waals surface area contributed by atoms with Crippen molar-refractivity contribution in [3.63, 3.8) is 0 Å². The molecule has 7 heteroatoms. The molecule has 0 aliphatic heterocycles. The minimum Gasteiger partial charge on any atom is -0.308 e. The monoisotopic (exact) mass is 292 g/mol. The molecule has 2 aromatic rings. The highest BCUT2D eigenvalue weighted by molar-refractivity contribution is 7.89. The molecule has 1 unspecified atom stereocenters. The Labute approximate surface area is 118 Å². The number of nitrogens with zero attached hydrogens (tertiary/aromatic N) is 1. The van der Waals surface area contributed by atoms with Gasteiger partial charge in [-0.2, -0.15) is 0 Å². The van der Waals surface area contributed by atoms with Crippen LogP contribution in [0.4, 0.5) is 5.82 Å². The average molecular weight is 292 g/mol. The summed E-state index contributed by atoms with van der Waals surface area (Å²) in [7, 11) is -3.61. The maximum Gasteiger partial charge on any atom is 0.242 e. The smallest absolute Gasteiger partial charge is 0.242 e. The fourth-order valence-corrected chi connectivity index (χ4v) is 2.91. The third-order valence-corrected chi connectivity index (χ3v) is 4.35. The number of hydrogen-bond donors (Lipinski definition) is 3. The third-order valence-electron chi connectivity index (χ3n) is 2.83. The standard InChI is InChI=1S/C13H16N4O2S/c1-10(11-5-3-2-4-6-11)17-20(18,19)12-7-8-13(16-14)15-9-12/h2-10,17H,14H2,1H3,(H,15,16). The van der Waals surface area contributed by atoms with Crippen molar-refractivity contribution in [2.75, 3.05) is 5.43 Å². The van der Waals surface area contributed by atoms with E-state index in [1.807, 2.05) is 30.3 Å². The molecule has 1 aromatic heterocycles. The predicted octanol–water partition coefficient (Wildman–Crippen LogP) is 1.41. The first-order valence-electron chi connectivity index (χ1n) is 6.03. The number of nitrogens with one attached hydrogen (secondary N) is 2. The Kier molecular flexibility index (Phi) is 4.33. The minimum absolute atomic E-state index is 0.0966. The molecule has 0 fully saturated rings. The number of hydrogen-bond acceptors (Lipinski definition) is 5. The van der Waals surface area contributed by atoms with Crippen LogP contribution in [0.15, 0.2) is 53.6 Å². The van der Waals surface area contributed by atoms with Gasteiger partial charge in [0.05, 0.1) is 0 Å². The molecule has 6 nitrogen and oxygen atoms in total. The first-order valence-corrected chi connectivity index (χ1v) is 7.51. The summed E-state index contributed by atoms with van der Waals surface area (Å²) in [5.74, 6) is 5.59. The Morgan fingerprint density at radius 2 is 1.85 bits per heavy atom. The van der Waals surface area contributed by atoms with E-state index < -0.39 is 10.0 Å². The zero-order valence-corrected chi connectivity index (χ0v) is 11.8. The maximum atomic E-state index is 12.2. The van der Waals surface area contributed by atoms with Gasteiger partial charge in [0.2, 0.25) is 10.0 Å². The Balaban J connectivity index is 2.18. The van der Waals surface area contributed by atoms with Gasteiger partial charge in [0.25, 0.3) is 0 Å². The molecule has 0 spiro atoms. The van der Waals surface area contributed by atoms with Gasteiger partial charge < -0.3 is 5.43 Å². The summed E-state index contributed by atoms with van der Waals surface area (Å²) < 4.78 is 27.0. The van der Waals surface area contributed by atoms with E-state index in [1.54, 1.807) is 6.92 Å². The molecular weight excluding hydrogens is 276 g/mol. The number of rotatable bonds is 5. The number of nitrogen functional groups attached to an aromatic ring is 1. The lowest BCUT2D eigenvalue weighted by molar-refractivity contribution is 0.566. The van der Waals surface area contributed by atoms with Gasteiger partial charge in [0.1, 0.15) is 10.7 Å². The van der Waals surface area contributed by atoms with Crippen LogP contribution < -0.4 is 16.0 Å². The molecule has 2 rings (SSSR count). The van der Waals surface area contributed by atoms with Crippen LogP contribution in [0.25, 0.3) is 0 Å². The summed E-state index contributed by atoms with van der Waals surface area (Å²) in [5, 5.41) is 0. The molecule has 4 N–H and O–H groups in total. The van der Waals surface area contributed by atoms with Crippen LogP contribution in [-0.2, 0) is 10.0 Å². The number of pyridine rings is 1.